The molecule has 3 N–H and O–H groups in total. The molecule has 4 rings (SSSR count). The molecule has 0 aliphatic carbocycles. The molecule has 6 nitrogen and oxygen atoms in total. The summed E-state index contributed by atoms with van der Waals surface area (Å²) >= 11 is 18.8. The highest BCUT2D eigenvalue weighted by Gasteiger charge is 2.34. The average molecular weight is 435 g/mol. The summed E-state index contributed by atoms with van der Waals surface area (Å²) in [6.45, 7) is 1.75. The first-order valence-corrected chi connectivity index (χ1v) is 9.44. The van der Waals surface area contributed by atoms with E-state index in [1.807, 2.05) is 18.2 Å². The number of nitrogens with two attached hydrogens (primary N) is 1. The fraction of sp³-hybridized carbons (Fsp3) is 0.105. The zero-order chi connectivity index (χ0) is 20.0. The molecular formula is C19H14Cl3N5O. The summed E-state index contributed by atoms with van der Waals surface area (Å²) in [5, 5.41) is 9.08. The van der Waals surface area contributed by atoms with Crippen LogP contribution in [-0.4, -0.2) is 20.7 Å². The molecule has 0 saturated heterocycles. The predicted molar refractivity (Wildman–Crippen MR) is 111 cm³/mol. The Morgan fingerprint density at radius 2 is 1.89 bits per heavy atom. The van der Waals surface area contributed by atoms with Crippen LogP contribution >= 0.6 is 34.8 Å². The molecule has 28 heavy (non-hydrogen) atoms. The number of carbonyl (C=O) groups is 1. The van der Waals surface area contributed by atoms with E-state index in [0.717, 1.165) is 0 Å². The number of anilines is 1. The monoisotopic (exact) mass is 433 g/mol. The van der Waals surface area contributed by atoms with Crippen LogP contribution in [0.5, 0.6) is 0 Å². The summed E-state index contributed by atoms with van der Waals surface area (Å²) in [6, 6.07) is 11.7. The Labute approximate surface area is 175 Å². The third kappa shape index (κ3) is 3.13. The summed E-state index contributed by atoms with van der Waals surface area (Å²) in [4.78, 5) is 16.8. The van der Waals surface area contributed by atoms with Gasteiger partial charge >= 0.3 is 0 Å². The molecule has 142 valence electrons. The maximum atomic E-state index is 12.2. The molecule has 1 unspecified atom stereocenters. The second-order valence-electron chi connectivity index (χ2n) is 6.28. The molecule has 0 radical (unpaired) electrons. The van der Waals surface area contributed by atoms with Crippen LogP contribution in [0.3, 0.4) is 0 Å². The molecule has 0 saturated carbocycles. The van der Waals surface area contributed by atoms with Crippen molar-refractivity contribution < 1.29 is 4.79 Å². The number of rotatable bonds is 3. The van der Waals surface area contributed by atoms with Crippen LogP contribution in [0.4, 0.5) is 5.95 Å². The van der Waals surface area contributed by atoms with E-state index in [1.165, 1.54) is 0 Å². The number of primary amides is 1. The van der Waals surface area contributed by atoms with Crippen LogP contribution in [0.15, 0.2) is 53.7 Å². The number of halogens is 3. The fourth-order valence-corrected chi connectivity index (χ4v) is 3.97. The van der Waals surface area contributed by atoms with Gasteiger partial charge in [0.2, 0.25) is 11.9 Å². The van der Waals surface area contributed by atoms with Crippen LogP contribution < -0.4 is 11.1 Å². The Balaban J connectivity index is 1.93. The van der Waals surface area contributed by atoms with Crippen molar-refractivity contribution in [2.75, 3.05) is 5.32 Å². The minimum atomic E-state index is -0.651. The van der Waals surface area contributed by atoms with E-state index in [0.29, 0.717) is 49.2 Å². The van der Waals surface area contributed by atoms with Crippen molar-refractivity contribution >= 4 is 46.7 Å². The number of hydrogen-bond acceptors (Lipinski definition) is 4. The first-order chi connectivity index (χ1) is 13.4. The van der Waals surface area contributed by atoms with Crippen LogP contribution in [0, 0.1) is 0 Å². The lowest BCUT2D eigenvalue weighted by Gasteiger charge is -2.28. The van der Waals surface area contributed by atoms with Gasteiger partial charge in [-0.25, -0.2) is 4.68 Å². The van der Waals surface area contributed by atoms with Gasteiger partial charge in [0.05, 0.1) is 10.6 Å². The first kappa shape index (κ1) is 18.8. The molecule has 2 aromatic carbocycles. The van der Waals surface area contributed by atoms with Crippen LogP contribution in [0.25, 0.3) is 11.4 Å². The van der Waals surface area contributed by atoms with E-state index >= 15 is 0 Å². The van der Waals surface area contributed by atoms with Crippen molar-refractivity contribution in [2.45, 2.75) is 13.0 Å². The Hall–Kier alpha value is -2.54. The lowest BCUT2D eigenvalue weighted by molar-refractivity contribution is -0.115. The Bertz CT molecular complexity index is 1140. The van der Waals surface area contributed by atoms with Crippen LogP contribution in [-0.2, 0) is 4.79 Å². The molecule has 2 heterocycles. The molecule has 1 aromatic heterocycles. The summed E-state index contributed by atoms with van der Waals surface area (Å²) < 4.78 is 1.58. The number of nitrogens with one attached hydrogen (secondary N) is 1. The topological polar surface area (TPSA) is 85.8 Å². The molecule has 0 spiro atoms. The number of carbonyl (C=O) groups excluding carboxylic acids is 1. The standard InChI is InChI=1S/C19H14Cl3N5O/c1-9-15(17(23)28)16(11-7-6-10(20)8-14(11)22)27-19(24-9)25-18(26-27)12-4-2-3-5-13(12)21/h2-8,16H,1H3,(H2,23,28)(H,24,25,26). The molecule has 0 fully saturated rings. The predicted octanol–water partition coefficient (Wildman–Crippen LogP) is 4.68. The van der Waals surface area contributed by atoms with Crippen LogP contribution in [0.1, 0.15) is 18.5 Å². The van der Waals surface area contributed by atoms with Crippen molar-refractivity contribution in [1.29, 1.82) is 0 Å². The second-order valence-corrected chi connectivity index (χ2v) is 7.53. The SMILES string of the molecule is CC1=C(C(N)=O)C(c2ccc(Cl)cc2Cl)n2nc(-c3ccccc3Cl)nc2N1. The Morgan fingerprint density at radius 1 is 1.14 bits per heavy atom. The zero-order valence-corrected chi connectivity index (χ0v) is 16.8. The molecule has 1 amide bonds. The van der Waals surface area contributed by atoms with Gasteiger partial charge in [-0.1, -0.05) is 53.0 Å². The Kier molecular flexibility index (Phi) is 4.79. The van der Waals surface area contributed by atoms with E-state index in [9.17, 15) is 4.79 Å². The van der Waals surface area contributed by atoms with Gasteiger partial charge in [0.1, 0.15) is 6.04 Å². The molecule has 0 bridgehead atoms. The first-order valence-electron chi connectivity index (χ1n) is 8.31. The normalized spacial score (nSPS) is 15.9. The Morgan fingerprint density at radius 3 is 2.57 bits per heavy atom. The van der Waals surface area contributed by atoms with Gasteiger partial charge in [-0.05, 0) is 31.2 Å². The lowest BCUT2D eigenvalue weighted by atomic mass is 9.95. The number of aromatic nitrogens is 3. The van der Waals surface area contributed by atoms with E-state index in [4.69, 9.17) is 40.5 Å². The van der Waals surface area contributed by atoms with Crippen LogP contribution in [0.2, 0.25) is 15.1 Å². The van der Waals surface area contributed by atoms with Crippen molar-refractivity contribution in [3.63, 3.8) is 0 Å². The summed E-state index contributed by atoms with van der Waals surface area (Å²) in [6.07, 6.45) is 0. The van der Waals surface area contributed by atoms with Gasteiger partial charge in [0, 0.05) is 26.9 Å². The van der Waals surface area contributed by atoms with Crippen molar-refractivity contribution in [2.24, 2.45) is 5.73 Å². The number of hydrogen-bond donors (Lipinski definition) is 2. The zero-order valence-electron chi connectivity index (χ0n) is 14.6. The smallest absolute Gasteiger partial charge is 0.248 e. The quantitative estimate of drug-likeness (QED) is 0.627. The lowest BCUT2D eigenvalue weighted by Crippen LogP contribution is -2.32. The van der Waals surface area contributed by atoms with E-state index in [-0.39, 0.29) is 0 Å². The van der Waals surface area contributed by atoms with Gasteiger partial charge in [-0.2, -0.15) is 4.98 Å². The molecule has 1 aliphatic heterocycles. The maximum absolute atomic E-state index is 12.2. The van der Waals surface area contributed by atoms with E-state index in [2.05, 4.69) is 15.4 Å². The van der Waals surface area contributed by atoms with Gasteiger partial charge in [-0.3, -0.25) is 4.79 Å². The largest absolute Gasteiger partial charge is 0.366 e. The number of amides is 1. The number of benzene rings is 2. The maximum Gasteiger partial charge on any atom is 0.248 e. The van der Waals surface area contributed by atoms with Gasteiger partial charge in [0.15, 0.2) is 5.82 Å². The van der Waals surface area contributed by atoms with E-state index in [1.54, 1.807) is 35.9 Å². The number of fused-ring (bicyclic) bond motifs is 1. The van der Waals surface area contributed by atoms with Crippen molar-refractivity contribution in [3.05, 3.63) is 74.4 Å². The molecule has 1 atom stereocenters. The third-order valence-electron chi connectivity index (χ3n) is 4.49. The highest BCUT2D eigenvalue weighted by molar-refractivity contribution is 6.35. The molecular weight excluding hydrogens is 421 g/mol. The number of allylic oxidation sites excluding steroid dienone is 1. The highest BCUT2D eigenvalue weighted by atomic mass is 35.5. The second kappa shape index (κ2) is 7.13. The van der Waals surface area contributed by atoms with Gasteiger partial charge in [-0.15, -0.1) is 5.10 Å². The summed E-state index contributed by atoms with van der Waals surface area (Å²) in [5.41, 5.74) is 7.90. The van der Waals surface area contributed by atoms with Gasteiger partial charge in [0.25, 0.3) is 0 Å². The minimum Gasteiger partial charge on any atom is -0.366 e. The number of nitrogens with zero attached hydrogens (tertiary/aromatic N) is 3. The third-order valence-corrected chi connectivity index (χ3v) is 5.38. The molecule has 3 aromatic rings. The minimum absolute atomic E-state index is 0.340. The van der Waals surface area contributed by atoms with Crippen molar-refractivity contribution in [1.82, 2.24) is 14.8 Å². The van der Waals surface area contributed by atoms with Gasteiger partial charge < -0.3 is 11.1 Å². The van der Waals surface area contributed by atoms with Crippen molar-refractivity contribution in [3.8, 4) is 11.4 Å². The fourth-order valence-electron chi connectivity index (χ4n) is 3.24. The average Bonchev–Trinajstić information content (AvgIpc) is 3.04. The summed E-state index contributed by atoms with van der Waals surface area (Å²) in [7, 11) is 0. The molecule has 9 heteroatoms. The van der Waals surface area contributed by atoms with E-state index < -0.39 is 11.9 Å². The summed E-state index contributed by atoms with van der Waals surface area (Å²) in [5.74, 6) is 0.289. The molecule has 1 aliphatic rings. The highest BCUT2D eigenvalue weighted by Crippen LogP contribution is 2.39.